The van der Waals surface area contributed by atoms with Crippen LogP contribution in [0.2, 0.25) is 0 Å². The summed E-state index contributed by atoms with van der Waals surface area (Å²) in [4.78, 5) is 24.1. The molecule has 0 spiro atoms. The third kappa shape index (κ3) is 5.39. The van der Waals surface area contributed by atoms with Crippen LogP contribution in [0.3, 0.4) is 0 Å². The maximum absolute atomic E-state index is 12.6. The number of hydrogen-bond donors (Lipinski definition) is 1. The molecule has 0 amide bonds. The average Bonchev–Trinajstić information content (AvgIpc) is 2.35. The molecular weight excluding hydrogens is 264 g/mol. The molecule has 3 heteroatoms. The molecule has 0 bridgehead atoms. The van der Waals surface area contributed by atoms with Crippen molar-refractivity contribution in [3.8, 4) is 0 Å². The lowest BCUT2D eigenvalue weighted by molar-refractivity contribution is -0.129. The minimum Gasteiger partial charge on any atom is -0.396 e. The fourth-order valence-electron chi connectivity index (χ4n) is 3.49. The van der Waals surface area contributed by atoms with Gasteiger partial charge < -0.3 is 5.11 Å². The summed E-state index contributed by atoms with van der Waals surface area (Å²) in [5.74, 6) is 1.03. The summed E-state index contributed by atoms with van der Waals surface area (Å²) >= 11 is 0. The molecule has 3 atom stereocenters. The second kappa shape index (κ2) is 7.88. The van der Waals surface area contributed by atoms with Crippen molar-refractivity contribution < 1.29 is 14.7 Å². The van der Waals surface area contributed by atoms with Gasteiger partial charge in [-0.25, -0.2) is 0 Å². The summed E-state index contributed by atoms with van der Waals surface area (Å²) in [5, 5.41) is 8.72. The molecule has 1 N–H and O–H groups in total. The van der Waals surface area contributed by atoms with E-state index in [-0.39, 0.29) is 36.1 Å². The molecule has 1 aliphatic rings. The summed E-state index contributed by atoms with van der Waals surface area (Å²) < 4.78 is 0. The number of aliphatic hydroxyl groups is 1. The van der Waals surface area contributed by atoms with Crippen molar-refractivity contribution in [1.82, 2.24) is 0 Å². The molecule has 120 valence electrons. The molecule has 1 aliphatic carbocycles. The van der Waals surface area contributed by atoms with Crippen LogP contribution in [0.5, 0.6) is 0 Å². The maximum Gasteiger partial charge on any atom is 0.137 e. The molecule has 0 radical (unpaired) electrons. The predicted octanol–water partition coefficient (Wildman–Crippen LogP) is 3.55. The first-order valence-electron chi connectivity index (χ1n) is 8.10. The van der Waals surface area contributed by atoms with Gasteiger partial charge in [-0.2, -0.15) is 0 Å². The van der Waals surface area contributed by atoms with Gasteiger partial charge in [0, 0.05) is 31.8 Å². The first-order valence-corrected chi connectivity index (χ1v) is 8.10. The molecule has 0 aliphatic heterocycles. The number of allylic oxidation sites excluding steroid dienone is 2. The Morgan fingerprint density at radius 1 is 1.33 bits per heavy atom. The van der Waals surface area contributed by atoms with E-state index < -0.39 is 0 Å². The largest absolute Gasteiger partial charge is 0.396 e. The smallest absolute Gasteiger partial charge is 0.137 e. The zero-order valence-corrected chi connectivity index (χ0v) is 13.9. The number of carbonyl (C=O) groups excluding carboxylic acids is 2. The monoisotopic (exact) mass is 294 g/mol. The minimum absolute atomic E-state index is 0.0255. The van der Waals surface area contributed by atoms with Gasteiger partial charge in [-0.05, 0) is 30.1 Å². The van der Waals surface area contributed by atoms with Crippen molar-refractivity contribution >= 4 is 11.6 Å². The zero-order chi connectivity index (χ0) is 16.0. The second-order valence-electron chi connectivity index (χ2n) is 7.28. The Bertz CT molecular complexity index is 395. The van der Waals surface area contributed by atoms with E-state index in [0.717, 1.165) is 12.8 Å². The van der Waals surface area contributed by atoms with E-state index in [1.807, 2.05) is 6.92 Å². The average molecular weight is 294 g/mol. The van der Waals surface area contributed by atoms with Gasteiger partial charge in [-0.15, -0.1) is 0 Å². The second-order valence-corrected chi connectivity index (χ2v) is 7.28. The molecule has 0 aromatic heterocycles. The number of rotatable bonds is 8. The van der Waals surface area contributed by atoms with Crippen molar-refractivity contribution in [2.24, 2.45) is 23.2 Å². The molecule has 0 aromatic rings. The van der Waals surface area contributed by atoms with E-state index >= 15 is 0 Å². The van der Waals surface area contributed by atoms with Gasteiger partial charge in [0.25, 0.3) is 0 Å². The Balaban J connectivity index is 2.52. The van der Waals surface area contributed by atoms with Gasteiger partial charge in [0.15, 0.2) is 0 Å². The van der Waals surface area contributed by atoms with Crippen molar-refractivity contribution in [2.75, 3.05) is 6.61 Å². The van der Waals surface area contributed by atoms with Crippen molar-refractivity contribution in [1.29, 1.82) is 0 Å². The van der Waals surface area contributed by atoms with Crippen LogP contribution in [0, 0.1) is 23.2 Å². The van der Waals surface area contributed by atoms with E-state index in [0.29, 0.717) is 24.5 Å². The van der Waals surface area contributed by atoms with Crippen LogP contribution in [-0.4, -0.2) is 23.3 Å². The van der Waals surface area contributed by atoms with Crippen LogP contribution >= 0.6 is 0 Å². The maximum atomic E-state index is 12.6. The zero-order valence-electron chi connectivity index (χ0n) is 13.9. The van der Waals surface area contributed by atoms with Crippen LogP contribution in [0.15, 0.2) is 12.2 Å². The Morgan fingerprint density at radius 2 is 2.00 bits per heavy atom. The fraction of sp³-hybridized carbons (Fsp3) is 0.778. The van der Waals surface area contributed by atoms with E-state index in [9.17, 15) is 9.59 Å². The Kier molecular flexibility index (Phi) is 6.79. The minimum atomic E-state index is -0.0771. The Hall–Kier alpha value is -0.960. The van der Waals surface area contributed by atoms with E-state index in [1.165, 1.54) is 0 Å². The number of carbonyl (C=O) groups is 2. The fourth-order valence-corrected chi connectivity index (χ4v) is 3.49. The third-order valence-corrected chi connectivity index (χ3v) is 4.65. The SMILES string of the molecule is CC(CCC(=O)CCO)CC(=O)C1C(C)C=CCC1(C)C. The van der Waals surface area contributed by atoms with Gasteiger partial charge in [-0.1, -0.05) is 39.8 Å². The first-order chi connectivity index (χ1) is 9.77. The van der Waals surface area contributed by atoms with Gasteiger partial charge in [-0.3, -0.25) is 9.59 Å². The molecule has 0 fully saturated rings. The standard InChI is InChI=1S/C18H30O3/c1-13(7-8-15(20)9-11-19)12-16(21)17-14(2)6-5-10-18(17,3)4/h5-6,13-14,17,19H,7-12H2,1-4H3. The molecule has 0 aromatic carbocycles. The van der Waals surface area contributed by atoms with Crippen LogP contribution in [-0.2, 0) is 9.59 Å². The van der Waals surface area contributed by atoms with Gasteiger partial charge in [0.1, 0.15) is 11.6 Å². The highest BCUT2D eigenvalue weighted by Crippen LogP contribution is 2.42. The van der Waals surface area contributed by atoms with Gasteiger partial charge in [0.2, 0.25) is 0 Å². The Morgan fingerprint density at radius 3 is 2.57 bits per heavy atom. The molecule has 3 nitrogen and oxygen atoms in total. The summed E-state index contributed by atoms with van der Waals surface area (Å²) in [5.41, 5.74) is 0.0255. The van der Waals surface area contributed by atoms with Crippen LogP contribution < -0.4 is 0 Å². The summed E-state index contributed by atoms with van der Waals surface area (Å²) in [6.07, 6.45) is 7.29. The normalized spacial score (nSPS) is 25.6. The predicted molar refractivity (Wildman–Crippen MR) is 84.9 cm³/mol. The molecule has 3 unspecified atom stereocenters. The number of aliphatic hydroxyl groups excluding tert-OH is 1. The topological polar surface area (TPSA) is 54.4 Å². The van der Waals surface area contributed by atoms with E-state index in [2.05, 4.69) is 32.9 Å². The van der Waals surface area contributed by atoms with Gasteiger partial charge >= 0.3 is 0 Å². The number of ketones is 2. The molecule has 1 rings (SSSR count). The van der Waals surface area contributed by atoms with Crippen molar-refractivity contribution in [3.05, 3.63) is 12.2 Å². The van der Waals surface area contributed by atoms with Crippen LogP contribution in [0.25, 0.3) is 0 Å². The van der Waals surface area contributed by atoms with E-state index in [1.54, 1.807) is 0 Å². The van der Waals surface area contributed by atoms with Crippen LogP contribution in [0.1, 0.15) is 59.8 Å². The van der Waals surface area contributed by atoms with Crippen LogP contribution in [0.4, 0.5) is 0 Å². The highest BCUT2D eigenvalue weighted by atomic mass is 16.3. The molecular formula is C18H30O3. The molecule has 21 heavy (non-hydrogen) atoms. The lowest BCUT2D eigenvalue weighted by Gasteiger charge is -2.39. The lowest BCUT2D eigenvalue weighted by atomic mass is 9.64. The Labute approximate surface area is 128 Å². The third-order valence-electron chi connectivity index (χ3n) is 4.65. The van der Waals surface area contributed by atoms with Gasteiger partial charge in [0.05, 0.1) is 0 Å². The van der Waals surface area contributed by atoms with Crippen molar-refractivity contribution in [2.45, 2.75) is 59.8 Å². The summed E-state index contributed by atoms with van der Waals surface area (Å²) in [6.45, 7) is 8.43. The highest BCUT2D eigenvalue weighted by molar-refractivity contribution is 5.83. The van der Waals surface area contributed by atoms with Crippen molar-refractivity contribution in [3.63, 3.8) is 0 Å². The molecule has 0 saturated heterocycles. The molecule has 0 heterocycles. The number of hydrogen-bond acceptors (Lipinski definition) is 3. The summed E-state index contributed by atoms with van der Waals surface area (Å²) in [6, 6.07) is 0. The molecule has 0 saturated carbocycles. The summed E-state index contributed by atoms with van der Waals surface area (Å²) in [7, 11) is 0. The quantitative estimate of drug-likeness (QED) is 0.696. The number of Topliss-reactive ketones (excluding diaryl/α,β-unsaturated/α-hetero) is 2. The first kappa shape index (κ1) is 18.1. The lowest BCUT2D eigenvalue weighted by Crippen LogP contribution is -2.37. The van der Waals surface area contributed by atoms with E-state index in [4.69, 9.17) is 5.11 Å². The highest BCUT2D eigenvalue weighted by Gasteiger charge is 2.39.